The summed E-state index contributed by atoms with van der Waals surface area (Å²) in [6.45, 7) is 11.7. The fourth-order valence-electron chi connectivity index (χ4n) is 10.2. The summed E-state index contributed by atoms with van der Waals surface area (Å²) in [5.74, 6) is 0.0319. The topological polar surface area (TPSA) is 237 Å². The second kappa shape index (κ2) is 59.1. The molecule has 0 rings (SSSR count). The molecule has 3 N–H and O–H groups in total. The SMILES string of the molecule is CCCCCCCCCCCCCCCCC(=O)OC[C@H](COP(=O)(O)OC[C@@H](O)COP(=O)(O)OC[C@@H](COC(=O)CCCCCCCCC(C)C)OC(=O)CCCCCCCCC(C)CC)OC(=O)CCCCCCCCCCCCCC(C)C. The molecule has 0 aliphatic heterocycles. The minimum atomic E-state index is -4.95. The van der Waals surface area contributed by atoms with E-state index in [4.69, 9.17) is 37.0 Å². The minimum absolute atomic E-state index is 0.102. The van der Waals surface area contributed by atoms with Gasteiger partial charge in [0, 0.05) is 25.7 Å². The van der Waals surface area contributed by atoms with Crippen molar-refractivity contribution >= 4 is 39.5 Å². The van der Waals surface area contributed by atoms with Gasteiger partial charge in [-0.05, 0) is 43.4 Å². The molecule has 0 amide bonds. The van der Waals surface area contributed by atoms with Gasteiger partial charge in [-0.15, -0.1) is 0 Å². The quantitative estimate of drug-likeness (QED) is 0.0222. The summed E-state index contributed by atoms with van der Waals surface area (Å²) in [6.07, 6.45) is 41.8. The van der Waals surface area contributed by atoms with Crippen molar-refractivity contribution in [2.75, 3.05) is 39.6 Å². The molecule has 3 unspecified atom stereocenters. The van der Waals surface area contributed by atoms with Crippen molar-refractivity contribution < 1.29 is 80.2 Å². The Morgan fingerprint density at radius 2 is 0.586 bits per heavy atom. The largest absolute Gasteiger partial charge is 0.472 e. The number of phosphoric acid groups is 2. The summed E-state index contributed by atoms with van der Waals surface area (Å²) in [5.41, 5.74) is 0. The van der Waals surface area contributed by atoms with Crippen molar-refractivity contribution in [2.24, 2.45) is 17.8 Å². The van der Waals surface area contributed by atoms with Crippen molar-refractivity contribution in [3.8, 4) is 0 Å². The number of carbonyl (C=O) groups excluding carboxylic acids is 4. The summed E-state index contributed by atoms with van der Waals surface area (Å²) < 4.78 is 68.2. The number of carbonyl (C=O) groups is 4. The van der Waals surface area contributed by atoms with E-state index in [9.17, 15) is 43.2 Å². The second-order valence-corrected chi connectivity index (χ2v) is 28.7. The van der Waals surface area contributed by atoms with Crippen LogP contribution in [0.1, 0.15) is 337 Å². The van der Waals surface area contributed by atoms with Crippen LogP contribution in [0.5, 0.6) is 0 Å². The zero-order valence-electron chi connectivity index (χ0n) is 56.5. The van der Waals surface area contributed by atoms with Gasteiger partial charge in [-0.25, -0.2) is 9.13 Å². The van der Waals surface area contributed by atoms with Gasteiger partial charge < -0.3 is 33.8 Å². The lowest BCUT2D eigenvalue weighted by Crippen LogP contribution is -2.30. The molecular formula is C68H132O17P2. The molecule has 0 spiro atoms. The summed E-state index contributed by atoms with van der Waals surface area (Å²) in [7, 11) is -9.90. The van der Waals surface area contributed by atoms with Crippen molar-refractivity contribution in [3.63, 3.8) is 0 Å². The number of phosphoric ester groups is 2. The Balaban J connectivity index is 5.24. The first-order valence-corrected chi connectivity index (χ1v) is 38.4. The number of aliphatic hydroxyl groups excluding tert-OH is 1. The summed E-state index contributed by atoms with van der Waals surface area (Å²) in [6, 6.07) is 0. The van der Waals surface area contributed by atoms with Crippen molar-refractivity contribution in [3.05, 3.63) is 0 Å². The van der Waals surface area contributed by atoms with Crippen LogP contribution < -0.4 is 0 Å². The van der Waals surface area contributed by atoms with Crippen LogP contribution in [-0.2, 0) is 65.4 Å². The zero-order valence-corrected chi connectivity index (χ0v) is 58.3. The molecule has 0 aromatic carbocycles. The Labute approximate surface area is 530 Å². The molecule has 6 atom stereocenters. The van der Waals surface area contributed by atoms with Crippen LogP contribution in [0.2, 0.25) is 0 Å². The van der Waals surface area contributed by atoms with Gasteiger partial charge in [0.2, 0.25) is 0 Å². The molecule has 0 saturated carbocycles. The van der Waals surface area contributed by atoms with Gasteiger partial charge in [0.15, 0.2) is 12.2 Å². The maximum Gasteiger partial charge on any atom is 0.472 e. The average Bonchev–Trinajstić information content (AvgIpc) is 3.70. The molecule has 516 valence electrons. The van der Waals surface area contributed by atoms with Crippen LogP contribution in [0.3, 0.4) is 0 Å². The van der Waals surface area contributed by atoms with E-state index in [1.54, 1.807) is 0 Å². The Morgan fingerprint density at radius 3 is 0.874 bits per heavy atom. The number of hydrogen-bond acceptors (Lipinski definition) is 15. The molecule has 0 saturated heterocycles. The highest BCUT2D eigenvalue weighted by atomic mass is 31.2. The summed E-state index contributed by atoms with van der Waals surface area (Å²) in [5, 5.41) is 10.6. The molecular weight excluding hydrogens is 1150 g/mol. The van der Waals surface area contributed by atoms with Crippen LogP contribution in [0, 0.1) is 17.8 Å². The van der Waals surface area contributed by atoms with Crippen molar-refractivity contribution in [2.45, 2.75) is 356 Å². The molecule has 19 heteroatoms. The monoisotopic (exact) mass is 1280 g/mol. The van der Waals surface area contributed by atoms with Gasteiger partial charge in [0.1, 0.15) is 19.3 Å². The molecule has 0 aromatic heterocycles. The molecule has 0 aromatic rings. The molecule has 0 bridgehead atoms. The van der Waals surface area contributed by atoms with Gasteiger partial charge in [-0.3, -0.25) is 37.3 Å². The van der Waals surface area contributed by atoms with Crippen LogP contribution in [0.25, 0.3) is 0 Å². The van der Waals surface area contributed by atoms with E-state index in [-0.39, 0.29) is 25.7 Å². The number of unbranched alkanes of at least 4 members (excludes halogenated alkanes) is 33. The maximum absolute atomic E-state index is 13.0. The first kappa shape index (κ1) is 85.1. The maximum atomic E-state index is 13.0. The first-order chi connectivity index (χ1) is 41.8. The highest BCUT2D eigenvalue weighted by Crippen LogP contribution is 2.45. The number of hydrogen-bond donors (Lipinski definition) is 3. The van der Waals surface area contributed by atoms with Gasteiger partial charge >= 0.3 is 39.5 Å². The third kappa shape index (κ3) is 61.3. The van der Waals surface area contributed by atoms with E-state index >= 15 is 0 Å². The number of ether oxygens (including phenoxy) is 4. The molecule has 0 aliphatic carbocycles. The van der Waals surface area contributed by atoms with Crippen LogP contribution in [0.15, 0.2) is 0 Å². The van der Waals surface area contributed by atoms with Crippen LogP contribution >= 0.6 is 15.6 Å². The highest BCUT2D eigenvalue weighted by Gasteiger charge is 2.30. The predicted octanol–water partition coefficient (Wildman–Crippen LogP) is 19.1. The Kier molecular flexibility index (Phi) is 57.8. The van der Waals surface area contributed by atoms with Gasteiger partial charge in [-0.1, -0.05) is 286 Å². The lowest BCUT2D eigenvalue weighted by atomic mass is 10.00. The van der Waals surface area contributed by atoms with Gasteiger partial charge in [0.05, 0.1) is 26.4 Å². The molecule has 17 nitrogen and oxygen atoms in total. The fourth-order valence-corrected chi connectivity index (χ4v) is 11.7. The molecule has 0 fully saturated rings. The normalized spacial score (nSPS) is 14.6. The third-order valence-corrected chi connectivity index (χ3v) is 17.9. The summed E-state index contributed by atoms with van der Waals surface area (Å²) in [4.78, 5) is 72.4. The average molecular weight is 1280 g/mol. The predicted molar refractivity (Wildman–Crippen MR) is 349 cm³/mol. The fraction of sp³-hybridized carbons (Fsp3) is 0.941. The van der Waals surface area contributed by atoms with Gasteiger partial charge in [0.25, 0.3) is 0 Å². The first-order valence-electron chi connectivity index (χ1n) is 35.4. The zero-order chi connectivity index (χ0) is 64.5. The van der Waals surface area contributed by atoms with Crippen LogP contribution in [-0.4, -0.2) is 96.7 Å². The number of aliphatic hydroxyl groups is 1. The number of esters is 4. The Morgan fingerprint density at radius 1 is 0.333 bits per heavy atom. The number of rotatable bonds is 66. The standard InChI is InChI=1S/C68H132O17P2/c1-8-10-11-12-13-14-15-16-17-20-23-26-35-42-49-65(70)78-55-63(84-67(72)51-44-37-27-24-21-18-19-22-25-32-39-46-59(3)4)57-82-86(74,75)80-53-62(69)54-81-87(76,77)83-58-64(56-79-66(71)50-43-36-30-28-33-40-47-60(5)6)85-68(73)52-45-38-31-29-34-41-48-61(7)9-2/h59-64,69H,8-58H2,1-7H3,(H,74,75)(H,76,77)/t61?,62-,63-,64-/m1/s1. The minimum Gasteiger partial charge on any atom is -0.462 e. The van der Waals surface area contributed by atoms with Crippen molar-refractivity contribution in [1.82, 2.24) is 0 Å². The lowest BCUT2D eigenvalue weighted by molar-refractivity contribution is -0.161. The van der Waals surface area contributed by atoms with Gasteiger partial charge in [-0.2, -0.15) is 0 Å². The molecule has 0 radical (unpaired) electrons. The highest BCUT2D eigenvalue weighted by molar-refractivity contribution is 7.47. The van der Waals surface area contributed by atoms with E-state index in [0.29, 0.717) is 31.6 Å². The van der Waals surface area contributed by atoms with E-state index in [1.165, 1.54) is 141 Å². The molecule has 0 heterocycles. The Bertz CT molecular complexity index is 1720. The van der Waals surface area contributed by atoms with E-state index in [2.05, 4.69) is 48.5 Å². The third-order valence-electron chi connectivity index (χ3n) is 16.0. The molecule has 0 aliphatic rings. The smallest absolute Gasteiger partial charge is 0.462 e. The van der Waals surface area contributed by atoms with E-state index in [0.717, 1.165) is 108 Å². The van der Waals surface area contributed by atoms with Crippen molar-refractivity contribution in [1.29, 1.82) is 0 Å². The van der Waals surface area contributed by atoms with E-state index < -0.39 is 97.5 Å². The summed E-state index contributed by atoms with van der Waals surface area (Å²) >= 11 is 0. The molecule has 87 heavy (non-hydrogen) atoms. The van der Waals surface area contributed by atoms with E-state index in [1.807, 2.05) is 0 Å². The second-order valence-electron chi connectivity index (χ2n) is 25.8. The van der Waals surface area contributed by atoms with Crippen LogP contribution in [0.4, 0.5) is 0 Å². The lowest BCUT2D eigenvalue weighted by Gasteiger charge is -2.21. The Hall–Kier alpha value is -1.94.